The second-order valence-electron chi connectivity index (χ2n) is 4.94. The van der Waals surface area contributed by atoms with Crippen molar-refractivity contribution < 1.29 is 0 Å². The van der Waals surface area contributed by atoms with E-state index in [0.29, 0.717) is 0 Å². The van der Waals surface area contributed by atoms with Gasteiger partial charge < -0.3 is 5.73 Å². The van der Waals surface area contributed by atoms with Crippen molar-refractivity contribution in [2.24, 2.45) is 23.5 Å². The number of rotatable bonds is 8. The third-order valence-corrected chi connectivity index (χ3v) is 3.74. The SMILES string of the molecule is CCCCC(CN)C1CC1CCCC. The van der Waals surface area contributed by atoms with Crippen molar-refractivity contribution in [3.05, 3.63) is 0 Å². The largest absolute Gasteiger partial charge is 0.330 e. The predicted octanol–water partition coefficient (Wildman–Crippen LogP) is 3.58. The highest BCUT2D eigenvalue weighted by molar-refractivity contribution is 4.91. The molecule has 0 spiro atoms. The molecule has 0 saturated heterocycles. The maximum Gasteiger partial charge on any atom is -0.00461 e. The van der Waals surface area contributed by atoms with E-state index in [1.165, 1.54) is 44.9 Å². The highest BCUT2D eigenvalue weighted by Gasteiger charge is 2.40. The summed E-state index contributed by atoms with van der Waals surface area (Å²) in [6, 6.07) is 0. The molecule has 0 radical (unpaired) electrons. The highest BCUT2D eigenvalue weighted by Crippen LogP contribution is 2.48. The summed E-state index contributed by atoms with van der Waals surface area (Å²) in [7, 11) is 0. The van der Waals surface area contributed by atoms with E-state index in [1.54, 1.807) is 0 Å². The molecule has 1 rings (SSSR count). The lowest BCUT2D eigenvalue weighted by Crippen LogP contribution is -2.17. The number of hydrogen-bond acceptors (Lipinski definition) is 1. The molecule has 0 aromatic heterocycles. The summed E-state index contributed by atoms with van der Waals surface area (Å²) in [6.45, 7) is 5.48. The molecule has 1 saturated carbocycles. The Bertz CT molecular complexity index is 144. The summed E-state index contributed by atoms with van der Waals surface area (Å²) in [5.41, 5.74) is 5.85. The van der Waals surface area contributed by atoms with Gasteiger partial charge in [0.05, 0.1) is 0 Å². The Morgan fingerprint density at radius 1 is 1.21 bits per heavy atom. The van der Waals surface area contributed by atoms with Gasteiger partial charge in [0.25, 0.3) is 0 Å². The van der Waals surface area contributed by atoms with Gasteiger partial charge in [0.2, 0.25) is 0 Å². The van der Waals surface area contributed by atoms with Crippen molar-refractivity contribution in [2.75, 3.05) is 6.54 Å². The molecule has 1 aliphatic rings. The van der Waals surface area contributed by atoms with Crippen molar-refractivity contribution >= 4 is 0 Å². The van der Waals surface area contributed by atoms with Crippen LogP contribution >= 0.6 is 0 Å². The van der Waals surface area contributed by atoms with Crippen LogP contribution in [0.5, 0.6) is 0 Å². The molecule has 0 amide bonds. The van der Waals surface area contributed by atoms with Crippen LogP contribution < -0.4 is 5.73 Å². The van der Waals surface area contributed by atoms with Gasteiger partial charge in [0.15, 0.2) is 0 Å². The molecule has 84 valence electrons. The minimum atomic E-state index is 0.844. The van der Waals surface area contributed by atoms with Crippen LogP contribution in [-0.4, -0.2) is 6.54 Å². The Hall–Kier alpha value is -0.0400. The van der Waals surface area contributed by atoms with E-state index in [0.717, 1.165) is 24.3 Å². The molecule has 2 N–H and O–H groups in total. The van der Waals surface area contributed by atoms with Crippen molar-refractivity contribution in [1.29, 1.82) is 0 Å². The van der Waals surface area contributed by atoms with Gasteiger partial charge in [-0.05, 0) is 37.1 Å². The summed E-state index contributed by atoms with van der Waals surface area (Å²) in [4.78, 5) is 0. The Kier molecular flexibility index (Phi) is 5.54. The second kappa shape index (κ2) is 6.44. The first-order valence-electron chi connectivity index (χ1n) is 6.53. The van der Waals surface area contributed by atoms with Gasteiger partial charge in [-0.1, -0.05) is 46.0 Å². The average Bonchev–Trinajstić information content (AvgIpc) is 2.96. The monoisotopic (exact) mass is 197 g/mol. The van der Waals surface area contributed by atoms with Gasteiger partial charge >= 0.3 is 0 Å². The van der Waals surface area contributed by atoms with Crippen molar-refractivity contribution in [3.63, 3.8) is 0 Å². The lowest BCUT2D eigenvalue weighted by molar-refractivity contribution is 0.394. The molecule has 0 aromatic rings. The van der Waals surface area contributed by atoms with Gasteiger partial charge in [0.1, 0.15) is 0 Å². The van der Waals surface area contributed by atoms with Crippen LogP contribution in [0.2, 0.25) is 0 Å². The summed E-state index contributed by atoms with van der Waals surface area (Å²) in [5, 5.41) is 0. The first-order valence-corrected chi connectivity index (χ1v) is 6.53. The molecule has 0 heterocycles. The van der Waals surface area contributed by atoms with Gasteiger partial charge in [-0.15, -0.1) is 0 Å². The fraction of sp³-hybridized carbons (Fsp3) is 1.00. The molecule has 1 nitrogen and oxygen atoms in total. The molecule has 3 unspecified atom stereocenters. The molecule has 14 heavy (non-hydrogen) atoms. The molecule has 0 aromatic carbocycles. The summed E-state index contributed by atoms with van der Waals surface area (Å²) < 4.78 is 0. The first kappa shape index (κ1) is 12.0. The quantitative estimate of drug-likeness (QED) is 0.632. The van der Waals surface area contributed by atoms with Crippen LogP contribution in [0.1, 0.15) is 58.8 Å². The molecule has 0 aliphatic heterocycles. The Morgan fingerprint density at radius 3 is 2.50 bits per heavy atom. The number of hydrogen-bond donors (Lipinski definition) is 1. The summed E-state index contributed by atoms with van der Waals surface area (Å²) in [6.07, 6.45) is 9.79. The molecule has 1 heteroatoms. The molecule has 1 fully saturated rings. The first-order chi connectivity index (χ1) is 6.83. The fourth-order valence-electron chi connectivity index (χ4n) is 2.62. The van der Waals surface area contributed by atoms with E-state index in [1.807, 2.05) is 0 Å². The van der Waals surface area contributed by atoms with Crippen LogP contribution in [0.4, 0.5) is 0 Å². The molecule has 0 bridgehead atoms. The zero-order valence-corrected chi connectivity index (χ0v) is 9.97. The van der Waals surface area contributed by atoms with Gasteiger partial charge in [-0.2, -0.15) is 0 Å². The maximum atomic E-state index is 5.85. The third kappa shape index (κ3) is 3.61. The van der Waals surface area contributed by atoms with Crippen molar-refractivity contribution in [1.82, 2.24) is 0 Å². The van der Waals surface area contributed by atoms with E-state index in [9.17, 15) is 0 Å². The molecular formula is C13H27N. The smallest absolute Gasteiger partial charge is 0.00461 e. The number of nitrogens with two attached hydrogens (primary N) is 1. The van der Waals surface area contributed by atoms with Crippen LogP contribution in [0.15, 0.2) is 0 Å². The van der Waals surface area contributed by atoms with Crippen molar-refractivity contribution in [3.8, 4) is 0 Å². The fourth-order valence-corrected chi connectivity index (χ4v) is 2.62. The van der Waals surface area contributed by atoms with Crippen molar-refractivity contribution in [2.45, 2.75) is 58.8 Å². The topological polar surface area (TPSA) is 26.0 Å². The van der Waals surface area contributed by atoms with Gasteiger partial charge in [-0.25, -0.2) is 0 Å². The second-order valence-corrected chi connectivity index (χ2v) is 4.94. The van der Waals surface area contributed by atoms with Crippen LogP contribution in [-0.2, 0) is 0 Å². The van der Waals surface area contributed by atoms with E-state index >= 15 is 0 Å². The zero-order valence-electron chi connectivity index (χ0n) is 9.97. The summed E-state index contributed by atoms with van der Waals surface area (Å²) >= 11 is 0. The minimum absolute atomic E-state index is 0.844. The predicted molar refractivity (Wildman–Crippen MR) is 63.2 cm³/mol. The summed E-state index contributed by atoms with van der Waals surface area (Å²) in [5.74, 6) is 2.88. The molecule has 3 atom stereocenters. The van der Waals surface area contributed by atoms with Crippen LogP contribution in [0.25, 0.3) is 0 Å². The van der Waals surface area contributed by atoms with Crippen LogP contribution in [0.3, 0.4) is 0 Å². The molecule has 1 aliphatic carbocycles. The maximum absolute atomic E-state index is 5.85. The normalized spacial score (nSPS) is 27.6. The van der Waals surface area contributed by atoms with Gasteiger partial charge in [-0.3, -0.25) is 0 Å². The van der Waals surface area contributed by atoms with Crippen LogP contribution in [0, 0.1) is 17.8 Å². The molecular weight excluding hydrogens is 170 g/mol. The van der Waals surface area contributed by atoms with E-state index < -0.39 is 0 Å². The Labute approximate surface area is 89.5 Å². The van der Waals surface area contributed by atoms with Gasteiger partial charge in [0, 0.05) is 0 Å². The Morgan fingerprint density at radius 2 is 1.93 bits per heavy atom. The zero-order chi connectivity index (χ0) is 10.4. The average molecular weight is 197 g/mol. The standard InChI is InChI=1S/C13H27N/c1-3-5-7-11-9-13(11)12(10-14)8-6-4-2/h11-13H,3-10,14H2,1-2H3. The third-order valence-electron chi connectivity index (χ3n) is 3.74. The minimum Gasteiger partial charge on any atom is -0.330 e. The Balaban J connectivity index is 2.14. The van der Waals surface area contributed by atoms with E-state index in [-0.39, 0.29) is 0 Å². The van der Waals surface area contributed by atoms with E-state index in [2.05, 4.69) is 13.8 Å². The highest BCUT2D eigenvalue weighted by atomic mass is 14.6. The van der Waals surface area contributed by atoms with E-state index in [4.69, 9.17) is 5.73 Å². The lowest BCUT2D eigenvalue weighted by atomic mass is 9.95. The lowest BCUT2D eigenvalue weighted by Gasteiger charge is -2.13. The number of unbranched alkanes of at least 4 members (excludes halogenated alkanes) is 2.